The molecule has 0 unspecified atom stereocenters. The van der Waals surface area contributed by atoms with Crippen molar-refractivity contribution in [1.29, 1.82) is 0 Å². The predicted molar refractivity (Wildman–Crippen MR) is 84.3 cm³/mol. The first-order valence-corrected chi connectivity index (χ1v) is 7.41. The Kier molecular flexibility index (Phi) is 5.47. The highest BCUT2D eigenvalue weighted by Crippen LogP contribution is 2.23. The number of hydrogen-bond acceptors (Lipinski definition) is 2. The Bertz CT molecular complexity index is 490. The highest BCUT2D eigenvalue weighted by molar-refractivity contribution is 7.80. The second kappa shape index (κ2) is 7.33. The molecule has 2 rings (SSSR count). The van der Waals surface area contributed by atoms with Crippen LogP contribution < -0.4 is 10.7 Å². The molecule has 1 aliphatic carbocycles. The molecule has 0 bridgehead atoms. The summed E-state index contributed by atoms with van der Waals surface area (Å²) in [6.07, 6.45) is 6.50. The van der Waals surface area contributed by atoms with Crippen LogP contribution in [0.4, 0.5) is 4.39 Å². The predicted octanol–water partition coefficient (Wildman–Crippen LogP) is 3.20. The van der Waals surface area contributed by atoms with Gasteiger partial charge in [0, 0.05) is 6.04 Å². The Hall–Kier alpha value is -1.49. The molecular weight excluding hydrogens is 273 g/mol. The normalized spacial score (nSPS) is 22.7. The van der Waals surface area contributed by atoms with Crippen LogP contribution in [0.15, 0.2) is 29.4 Å². The number of nitrogens with one attached hydrogen (secondary N) is 2. The van der Waals surface area contributed by atoms with Gasteiger partial charge in [0.15, 0.2) is 5.11 Å². The molecule has 0 aromatic heterocycles. The second-order valence-corrected chi connectivity index (χ2v) is 5.67. The minimum Gasteiger partial charge on any atom is -0.358 e. The van der Waals surface area contributed by atoms with E-state index in [-0.39, 0.29) is 5.82 Å². The van der Waals surface area contributed by atoms with Crippen molar-refractivity contribution in [3.8, 4) is 0 Å². The van der Waals surface area contributed by atoms with Crippen molar-refractivity contribution in [1.82, 2.24) is 10.7 Å². The summed E-state index contributed by atoms with van der Waals surface area (Å²) in [5.41, 5.74) is 3.49. The monoisotopic (exact) mass is 293 g/mol. The molecule has 1 aromatic rings. The van der Waals surface area contributed by atoms with Crippen molar-refractivity contribution in [2.24, 2.45) is 11.0 Å². The number of hydrazone groups is 1. The van der Waals surface area contributed by atoms with Gasteiger partial charge in [-0.3, -0.25) is 5.43 Å². The largest absolute Gasteiger partial charge is 0.358 e. The zero-order valence-electron chi connectivity index (χ0n) is 11.6. The summed E-state index contributed by atoms with van der Waals surface area (Å²) in [5.74, 6) is 0.362. The zero-order valence-corrected chi connectivity index (χ0v) is 12.4. The standard InChI is InChI=1S/C15H20FN3S/c1-11-5-2-3-8-14(11)18-15(20)19-17-10-12-6-4-7-13(16)9-12/h4,6-7,9-11,14H,2-3,5,8H2,1H3,(H2,18,19,20)/b17-10-/t11-,14-/m1/s1. The molecule has 1 aromatic carbocycles. The van der Waals surface area contributed by atoms with Crippen LogP contribution >= 0.6 is 12.2 Å². The summed E-state index contributed by atoms with van der Waals surface area (Å²) < 4.78 is 13.0. The molecular formula is C15H20FN3S. The molecule has 1 aliphatic rings. The lowest BCUT2D eigenvalue weighted by molar-refractivity contribution is 0.308. The van der Waals surface area contributed by atoms with Crippen LogP contribution in [0.3, 0.4) is 0 Å². The van der Waals surface area contributed by atoms with Crippen LogP contribution in [0, 0.1) is 11.7 Å². The molecule has 0 radical (unpaired) electrons. The van der Waals surface area contributed by atoms with Crippen molar-refractivity contribution in [2.45, 2.75) is 38.6 Å². The minimum absolute atomic E-state index is 0.273. The van der Waals surface area contributed by atoms with E-state index in [0.717, 1.165) is 6.42 Å². The Morgan fingerprint density at radius 3 is 2.95 bits per heavy atom. The number of thiocarbonyl (C=S) groups is 1. The molecule has 2 N–H and O–H groups in total. The van der Waals surface area contributed by atoms with Crippen molar-refractivity contribution in [3.05, 3.63) is 35.6 Å². The Balaban J connectivity index is 1.80. The van der Waals surface area contributed by atoms with E-state index in [2.05, 4.69) is 22.8 Å². The maximum Gasteiger partial charge on any atom is 0.187 e. The Labute approximate surface area is 124 Å². The van der Waals surface area contributed by atoms with Crippen LogP contribution in [0.2, 0.25) is 0 Å². The second-order valence-electron chi connectivity index (χ2n) is 5.27. The smallest absolute Gasteiger partial charge is 0.187 e. The minimum atomic E-state index is -0.273. The first-order chi connectivity index (χ1) is 9.65. The van der Waals surface area contributed by atoms with E-state index in [1.165, 1.54) is 31.4 Å². The molecule has 0 spiro atoms. The fourth-order valence-corrected chi connectivity index (χ4v) is 2.69. The molecule has 0 amide bonds. The van der Waals surface area contributed by atoms with Gasteiger partial charge in [0.1, 0.15) is 5.82 Å². The van der Waals surface area contributed by atoms with Gasteiger partial charge in [-0.25, -0.2) is 4.39 Å². The summed E-state index contributed by atoms with van der Waals surface area (Å²) >= 11 is 5.22. The molecule has 1 fully saturated rings. The Morgan fingerprint density at radius 1 is 1.40 bits per heavy atom. The molecule has 0 saturated heterocycles. The fourth-order valence-electron chi connectivity index (χ4n) is 2.48. The van der Waals surface area contributed by atoms with Gasteiger partial charge in [-0.2, -0.15) is 5.10 Å². The average Bonchev–Trinajstić information content (AvgIpc) is 2.41. The molecule has 2 atom stereocenters. The van der Waals surface area contributed by atoms with Gasteiger partial charge in [-0.05, 0) is 48.7 Å². The lowest BCUT2D eigenvalue weighted by atomic mass is 9.86. The first kappa shape index (κ1) is 14.9. The number of benzene rings is 1. The zero-order chi connectivity index (χ0) is 14.4. The van der Waals surface area contributed by atoms with Crippen molar-refractivity contribution >= 4 is 23.5 Å². The van der Waals surface area contributed by atoms with Gasteiger partial charge in [0.25, 0.3) is 0 Å². The van der Waals surface area contributed by atoms with Crippen LogP contribution in [0.25, 0.3) is 0 Å². The summed E-state index contributed by atoms with van der Waals surface area (Å²) in [5, 5.41) is 7.85. The van der Waals surface area contributed by atoms with E-state index in [4.69, 9.17) is 12.2 Å². The third-order valence-corrected chi connectivity index (χ3v) is 3.87. The molecule has 5 heteroatoms. The molecule has 3 nitrogen and oxygen atoms in total. The molecule has 0 aliphatic heterocycles. The highest BCUT2D eigenvalue weighted by Gasteiger charge is 2.21. The number of rotatable bonds is 3. The third-order valence-electron chi connectivity index (χ3n) is 3.66. The van der Waals surface area contributed by atoms with Crippen molar-refractivity contribution < 1.29 is 4.39 Å². The average molecular weight is 293 g/mol. The van der Waals surface area contributed by atoms with Crippen molar-refractivity contribution in [2.75, 3.05) is 0 Å². The lowest BCUT2D eigenvalue weighted by Crippen LogP contribution is -2.44. The third kappa shape index (κ3) is 4.56. The van der Waals surface area contributed by atoms with E-state index >= 15 is 0 Å². The van der Waals surface area contributed by atoms with E-state index < -0.39 is 0 Å². The summed E-state index contributed by atoms with van der Waals surface area (Å²) in [4.78, 5) is 0. The maximum absolute atomic E-state index is 13.0. The van der Waals surface area contributed by atoms with E-state index in [0.29, 0.717) is 22.6 Å². The summed E-state index contributed by atoms with van der Waals surface area (Å²) in [6.45, 7) is 2.25. The Morgan fingerprint density at radius 2 is 2.20 bits per heavy atom. The fraction of sp³-hybridized carbons (Fsp3) is 0.467. The van der Waals surface area contributed by atoms with Crippen molar-refractivity contribution in [3.63, 3.8) is 0 Å². The summed E-state index contributed by atoms with van der Waals surface area (Å²) in [6, 6.07) is 6.69. The maximum atomic E-state index is 13.0. The van der Waals surface area contributed by atoms with Gasteiger partial charge >= 0.3 is 0 Å². The molecule has 108 valence electrons. The SMILES string of the molecule is C[C@@H]1CCCC[C@H]1NC(=S)N/N=C\c1cccc(F)c1. The van der Waals surface area contributed by atoms with Crippen LogP contribution in [0.5, 0.6) is 0 Å². The quantitative estimate of drug-likeness (QED) is 0.510. The van der Waals surface area contributed by atoms with Crippen LogP contribution in [-0.2, 0) is 0 Å². The van der Waals surface area contributed by atoms with Gasteiger partial charge in [0.05, 0.1) is 6.21 Å². The van der Waals surface area contributed by atoms with Gasteiger partial charge in [0.2, 0.25) is 0 Å². The van der Waals surface area contributed by atoms with Gasteiger partial charge in [-0.1, -0.05) is 31.9 Å². The van der Waals surface area contributed by atoms with E-state index in [1.807, 2.05) is 0 Å². The number of nitrogens with zero attached hydrogens (tertiary/aromatic N) is 1. The molecule has 1 saturated carbocycles. The number of hydrogen-bond donors (Lipinski definition) is 2. The molecule has 20 heavy (non-hydrogen) atoms. The van der Waals surface area contributed by atoms with E-state index in [1.54, 1.807) is 18.3 Å². The van der Waals surface area contributed by atoms with Crippen LogP contribution in [0.1, 0.15) is 38.2 Å². The van der Waals surface area contributed by atoms with Crippen LogP contribution in [-0.4, -0.2) is 17.4 Å². The molecule has 0 heterocycles. The number of halogens is 1. The topological polar surface area (TPSA) is 36.4 Å². The van der Waals surface area contributed by atoms with Gasteiger partial charge < -0.3 is 5.32 Å². The first-order valence-electron chi connectivity index (χ1n) is 7.00. The lowest BCUT2D eigenvalue weighted by Gasteiger charge is -2.30. The van der Waals surface area contributed by atoms with Gasteiger partial charge in [-0.15, -0.1) is 0 Å². The summed E-state index contributed by atoms with van der Waals surface area (Å²) in [7, 11) is 0. The van der Waals surface area contributed by atoms with E-state index in [9.17, 15) is 4.39 Å². The highest BCUT2D eigenvalue weighted by atomic mass is 32.1.